The zero-order chi connectivity index (χ0) is 26.3. The van der Waals surface area contributed by atoms with Gasteiger partial charge in [-0.1, -0.05) is 0 Å². The molecule has 0 saturated carbocycles. The molecule has 35 heavy (non-hydrogen) atoms. The Hall–Kier alpha value is -3.35. The van der Waals surface area contributed by atoms with Gasteiger partial charge in [0.05, 0.1) is 39.7 Å². The molecule has 0 unspecified atom stereocenters. The van der Waals surface area contributed by atoms with Crippen molar-refractivity contribution in [3.63, 3.8) is 0 Å². The fourth-order valence-electron chi connectivity index (χ4n) is 3.11. The second-order valence-corrected chi connectivity index (χ2v) is 11.9. The Morgan fingerprint density at radius 2 is 1.34 bits per heavy atom. The Bertz CT molecular complexity index is 1680. The number of hydrogen-bond acceptors (Lipinski definition) is 12. The summed E-state index contributed by atoms with van der Waals surface area (Å²) < 4.78 is 89.9. The number of anilines is 2. The molecule has 0 spiro atoms. The number of aliphatic hydroxyl groups excluding tert-OH is 1. The maximum absolute atomic E-state index is 12.0. The van der Waals surface area contributed by atoms with Crippen LogP contribution in [0, 0.1) is 0 Å². The van der Waals surface area contributed by atoms with Crippen molar-refractivity contribution in [3.8, 4) is 5.75 Å². The van der Waals surface area contributed by atoms with Gasteiger partial charge in [0, 0.05) is 0 Å². The van der Waals surface area contributed by atoms with Crippen LogP contribution in [0.4, 0.5) is 22.7 Å². The summed E-state index contributed by atoms with van der Waals surface area (Å²) in [5.74, 6) is -1.42. The van der Waals surface area contributed by atoms with E-state index in [1.165, 1.54) is 24.3 Å². The molecule has 0 bridgehead atoms. The van der Waals surface area contributed by atoms with E-state index in [4.69, 9.17) is 16.6 Å². The van der Waals surface area contributed by atoms with E-state index in [1.54, 1.807) is 0 Å². The molecule has 0 saturated heterocycles. The van der Waals surface area contributed by atoms with Crippen LogP contribution >= 0.6 is 0 Å². The molecule has 17 heteroatoms. The molecule has 0 amide bonds. The summed E-state index contributed by atoms with van der Waals surface area (Å²) in [5, 5.41) is 26.3. The number of nitrogen functional groups attached to an aromatic ring is 2. The van der Waals surface area contributed by atoms with Crippen molar-refractivity contribution in [2.45, 2.75) is 14.7 Å². The Labute approximate surface area is 198 Å². The summed E-state index contributed by atoms with van der Waals surface area (Å²) >= 11 is 0. The topological polar surface area (TPSA) is 260 Å². The summed E-state index contributed by atoms with van der Waals surface area (Å²) in [7, 11) is -13.7. The van der Waals surface area contributed by atoms with Gasteiger partial charge < -0.3 is 21.7 Å². The monoisotopic (exact) mass is 546 g/mol. The van der Waals surface area contributed by atoms with Crippen molar-refractivity contribution in [2.75, 3.05) is 23.8 Å². The molecule has 0 fully saturated rings. The van der Waals surface area contributed by atoms with Crippen LogP contribution in [-0.2, 0) is 30.1 Å². The van der Waals surface area contributed by atoms with Crippen LogP contribution in [0.2, 0.25) is 0 Å². The van der Waals surface area contributed by atoms with E-state index in [0.717, 1.165) is 12.1 Å². The van der Waals surface area contributed by atoms with E-state index in [0.29, 0.717) is 0 Å². The van der Waals surface area contributed by atoms with Crippen molar-refractivity contribution in [2.24, 2.45) is 10.2 Å². The Kier molecular flexibility index (Phi) is 6.77. The zero-order valence-electron chi connectivity index (χ0n) is 17.4. The van der Waals surface area contributed by atoms with Crippen LogP contribution in [0.3, 0.4) is 0 Å². The molecule has 0 aliphatic rings. The third-order valence-electron chi connectivity index (χ3n) is 4.76. The molecular weight excluding hydrogens is 528 g/mol. The lowest BCUT2D eigenvalue weighted by molar-refractivity contribution is 0.319. The van der Waals surface area contributed by atoms with Crippen molar-refractivity contribution < 1.29 is 44.6 Å². The number of nitrogens with two attached hydrogens (primary N) is 2. The van der Waals surface area contributed by atoms with E-state index in [1.807, 2.05) is 0 Å². The van der Waals surface area contributed by atoms with Crippen LogP contribution in [0.1, 0.15) is 0 Å². The standard InChI is InChI=1S/C18H18N4O10S3/c19-15-12(34(27,28)29)7-9-8-13(35(30,31)32)17(18(24)14(9)16(15)20)22-21-10-1-3-11(4-2-10)33(25,26)6-5-23/h1-4,7-8,23-24H,5-6,19-20H2,(H,27,28,29)(H,30,31,32). The highest BCUT2D eigenvalue weighted by molar-refractivity contribution is 7.91. The molecule has 0 heterocycles. The van der Waals surface area contributed by atoms with E-state index in [-0.39, 0.29) is 21.4 Å². The summed E-state index contributed by atoms with van der Waals surface area (Å²) in [4.78, 5) is -1.94. The number of nitrogens with zero attached hydrogens (tertiary/aromatic N) is 2. The lowest BCUT2D eigenvalue weighted by atomic mass is 10.1. The largest absolute Gasteiger partial charge is 0.505 e. The van der Waals surface area contributed by atoms with Gasteiger partial charge in [-0.05, 0) is 41.8 Å². The molecule has 14 nitrogen and oxygen atoms in total. The quantitative estimate of drug-likeness (QED) is 0.139. The number of benzene rings is 3. The summed E-state index contributed by atoms with van der Waals surface area (Å²) in [6.45, 7) is -0.581. The second-order valence-electron chi connectivity index (χ2n) is 7.06. The number of aromatic hydroxyl groups is 1. The minimum Gasteiger partial charge on any atom is -0.505 e. The molecule has 188 valence electrons. The lowest BCUT2D eigenvalue weighted by Gasteiger charge is -2.14. The number of fused-ring (bicyclic) bond motifs is 1. The SMILES string of the molecule is Nc1c(S(=O)(=O)O)cc2cc(S(=O)(=O)O)c(N=Nc3ccc(S(=O)(=O)CCO)cc3)c(O)c2c1N. The van der Waals surface area contributed by atoms with Gasteiger partial charge in [-0.3, -0.25) is 9.11 Å². The van der Waals surface area contributed by atoms with Crippen LogP contribution < -0.4 is 11.5 Å². The van der Waals surface area contributed by atoms with Gasteiger partial charge in [-0.2, -0.15) is 21.9 Å². The maximum atomic E-state index is 12.0. The van der Waals surface area contributed by atoms with E-state index in [9.17, 15) is 39.5 Å². The minimum absolute atomic E-state index is 0.0166. The average molecular weight is 547 g/mol. The third kappa shape index (κ3) is 5.19. The predicted molar refractivity (Wildman–Crippen MR) is 124 cm³/mol. The molecular formula is C18H18N4O10S3. The predicted octanol–water partition coefficient (Wildman–Crippen LogP) is 1.38. The first-order valence-electron chi connectivity index (χ1n) is 9.26. The first-order chi connectivity index (χ1) is 16.1. The van der Waals surface area contributed by atoms with Gasteiger partial charge in [-0.25, -0.2) is 8.42 Å². The highest BCUT2D eigenvalue weighted by atomic mass is 32.2. The Morgan fingerprint density at radius 1 is 0.800 bits per heavy atom. The number of hydrogen-bond donors (Lipinski definition) is 6. The molecule has 3 aromatic carbocycles. The number of azo groups is 1. The fraction of sp³-hybridized carbons (Fsp3) is 0.111. The molecule has 0 aliphatic heterocycles. The third-order valence-corrected chi connectivity index (χ3v) is 8.23. The second kappa shape index (κ2) is 9.02. The van der Waals surface area contributed by atoms with Crippen LogP contribution in [0.25, 0.3) is 10.8 Å². The smallest absolute Gasteiger partial charge is 0.296 e. The Morgan fingerprint density at radius 3 is 1.86 bits per heavy atom. The van der Waals surface area contributed by atoms with Crippen molar-refractivity contribution in [3.05, 3.63) is 36.4 Å². The summed E-state index contributed by atoms with van der Waals surface area (Å²) in [6, 6.07) is 6.25. The highest BCUT2D eigenvalue weighted by Crippen LogP contribution is 2.46. The van der Waals surface area contributed by atoms with E-state index < -0.39 is 75.0 Å². The van der Waals surface area contributed by atoms with Crippen molar-refractivity contribution in [1.29, 1.82) is 0 Å². The van der Waals surface area contributed by atoms with Crippen LogP contribution in [0.5, 0.6) is 5.75 Å². The average Bonchev–Trinajstić information content (AvgIpc) is 2.74. The van der Waals surface area contributed by atoms with Crippen molar-refractivity contribution in [1.82, 2.24) is 0 Å². The zero-order valence-corrected chi connectivity index (χ0v) is 19.8. The summed E-state index contributed by atoms with van der Waals surface area (Å²) in [6.07, 6.45) is 0. The van der Waals surface area contributed by atoms with Gasteiger partial charge in [0.1, 0.15) is 15.5 Å². The highest BCUT2D eigenvalue weighted by Gasteiger charge is 2.26. The van der Waals surface area contributed by atoms with Crippen molar-refractivity contribution >= 4 is 63.6 Å². The Balaban J connectivity index is 2.22. The molecule has 3 aromatic rings. The summed E-state index contributed by atoms with van der Waals surface area (Å²) in [5.41, 5.74) is 9.56. The number of rotatable bonds is 7. The van der Waals surface area contributed by atoms with Gasteiger partial charge in [0.15, 0.2) is 15.6 Å². The molecule has 3 rings (SSSR count). The normalized spacial score (nSPS) is 13.0. The fourth-order valence-corrected chi connectivity index (χ4v) is 5.46. The van der Waals surface area contributed by atoms with Crippen LogP contribution in [0.15, 0.2) is 61.3 Å². The molecule has 0 aliphatic carbocycles. The minimum atomic E-state index is -5.06. The van der Waals surface area contributed by atoms with E-state index >= 15 is 0 Å². The molecule has 0 atom stereocenters. The number of aliphatic hydroxyl groups is 1. The molecule has 8 N–H and O–H groups in total. The van der Waals surface area contributed by atoms with Crippen LogP contribution in [-0.4, -0.2) is 56.9 Å². The van der Waals surface area contributed by atoms with Gasteiger partial charge >= 0.3 is 0 Å². The first-order valence-corrected chi connectivity index (χ1v) is 13.8. The van der Waals surface area contributed by atoms with Gasteiger partial charge in [0.2, 0.25) is 0 Å². The van der Waals surface area contributed by atoms with Gasteiger partial charge in [-0.15, -0.1) is 5.11 Å². The first kappa shape index (κ1) is 26.3. The number of phenols is 1. The molecule has 0 radical (unpaired) electrons. The number of sulfone groups is 1. The number of phenolic OH excluding ortho intramolecular Hbond substituents is 1. The van der Waals surface area contributed by atoms with Gasteiger partial charge in [0.25, 0.3) is 20.2 Å². The molecule has 0 aromatic heterocycles. The lowest BCUT2D eigenvalue weighted by Crippen LogP contribution is -2.09. The maximum Gasteiger partial charge on any atom is 0.296 e. The van der Waals surface area contributed by atoms with E-state index in [2.05, 4.69) is 10.2 Å².